The highest BCUT2D eigenvalue weighted by Gasteiger charge is 2.12. The predicted octanol–water partition coefficient (Wildman–Crippen LogP) is 2.49. The maximum Gasteiger partial charge on any atom is 0.123 e. The highest BCUT2D eigenvalue weighted by molar-refractivity contribution is 5.85. The standard InChI is InChI=1S/C11H16FNO2.ClH/c1-14-8-3-4-11(15-2)9(7-8)10(13)5-6-12;/h3-4,7,10H,5-6,13H2,1-2H3;1H/t10-;/m1./s1. The fourth-order valence-electron chi connectivity index (χ4n) is 1.40. The molecule has 0 saturated heterocycles. The van der Waals surface area contributed by atoms with Crippen LogP contribution in [0.1, 0.15) is 18.0 Å². The lowest BCUT2D eigenvalue weighted by atomic mass is 10.0. The molecule has 1 atom stereocenters. The molecule has 0 saturated carbocycles. The third-order valence-electron chi connectivity index (χ3n) is 2.26. The summed E-state index contributed by atoms with van der Waals surface area (Å²) in [5.41, 5.74) is 6.60. The molecule has 1 rings (SSSR count). The van der Waals surface area contributed by atoms with Crippen molar-refractivity contribution in [3.05, 3.63) is 23.8 Å². The van der Waals surface area contributed by atoms with Gasteiger partial charge in [-0.3, -0.25) is 4.39 Å². The minimum Gasteiger partial charge on any atom is -0.497 e. The van der Waals surface area contributed by atoms with Crippen molar-refractivity contribution in [3.8, 4) is 11.5 Å². The van der Waals surface area contributed by atoms with Crippen LogP contribution in [-0.4, -0.2) is 20.9 Å². The number of nitrogens with two attached hydrogens (primary N) is 1. The average molecular weight is 250 g/mol. The lowest BCUT2D eigenvalue weighted by Gasteiger charge is -2.15. The van der Waals surface area contributed by atoms with E-state index in [-0.39, 0.29) is 24.9 Å². The Bertz CT molecular complexity index is 323. The summed E-state index contributed by atoms with van der Waals surface area (Å²) in [6.45, 7) is -0.443. The van der Waals surface area contributed by atoms with Gasteiger partial charge in [0.1, 0.15) is 11.5 Å². The first-order valence-corrected chi connectivity index (χ1v) is 4.76. The topological polar surface area (TPSA) is 44.5 Å². The monoisotopic (exact) mass is 249 g/mol. The second-order valence-electron chi connectivity index (χ2n) is 3.19. The molecule has 0 spiro atoms. The zero-order chi connectivity index (χ0) is 11.3. The van der Waals surface area contributed by atoms with E-state index in [1.165, 1.54) is 0 Å². The Morgan fingerprint density at radius 2 is 2.00 bits per heavy atom. The Morgan fingerprint density at radius 3 is 2.50 bits per heavy atom. The quantitative estimate of drug-likeness (QED) is 0.872. The van der Waals surface area contributed by atoms with Gasteiger partial charge in [0.05, 0.1) is 20.9 Å². The zero-order valence-electron chi connectivity index (χ0n) is 9.40. The van der Waals surface area contributed by atoms with Gasteiger partial charge >= 0.3 is 0 Å². The number of hydrogen-bond acceptors (Lipinski definition) is 3. The van der Waals surface area contributed by atoms with Crippen molar-refractivity contribution >= 4 is 12.4 Å². The first kappa shape index (κ1) is 15.0. The Labute approximate surface area is 101 Å². The molecular weight excluding hydrogens is 233 g/mol. The van der Waals surface area contributed by atoms with Crippen molar-refractivity contribution < 1.29 is 13.9 Å². The zero-order valence-corrected chi connectivity index (χ0v) is 10.2. The lowest BCUT2D eigenvalue weighted by Crippen LogP contribution is -2.12. The minimum absolute atomic E-state index is 0. The molecule has 0 aliphatic rings. The maximum absolute atomic E-state index is 12.2. The Balaban J connectivity index is 0.00000225. The van der Waals surface area contributed by atoms with Crippen LogP contribution >= 0.6 is 12.4 Å². The maximum atomic E-state index is 12.2. The van der Waals surface area contributed by atoms with Gasteiger partial charge in [-0.15, -0.1) is 12.4 Å². The second kappa shape index (κ2) is 7.30. The summed E-state index contributed by atoms with van der Waals surface area (Å²) in [4.78, 5) is 0. The smallest absolute Gasteiger partial charge is 0.123 e. The van der Waals surface area contributed by atoms with Crippen LogP contribution in [0.15, 0.2) is 18.2 Å². The van der Waals surface area contributed by atoms with Crippen molar-refractivity contribution in [2.24, 2.45) is 5.73 Å². The second-order valence-corrected chi connectivity index (χ2v) is 3.19. The fraction of sp³-hybridized carbons (Fsp3) is 0.455. The highest BCUT2D eigenvalue weighted by Crippen LogP contribution is 2.29. The molecule has 16 heavy (non-hydrogen) atoms. The van der Waals surface area contributed by atoms with E-state index in [0.29, 0.717) is 11.5 Å². The molecule has 2 N–H and O–H groups in total. The SMILES string of the molecule is COc1ccc(OC)c([C@H](N)CCF)c1.Cl. The molecule has 0 amide bonds. The van der Waals surface area contributed by atoms with Crippen LogP contribution in [0.2, 0.25) is 0 Å². The van der Waals surface area contributed by atoms with Gasteiger partial charge in [0.2, 0.25) is 0 Å². The average Bonchev–Trinajstić information content (AvgIpc) is 2.28. The lowest BCUT2D eigenvalue weighted by molar-refractivity contribution is 0.387. The van der Waals surface area contributed by atoms with Gasteiger partial charge in [-0.05, 0) is 24.6 Å². The molecule has 1 aromatic rings. The van der Waals surface area contributed by atoms with Gasteiger partial charge in [-0.1, -0.05) is 0 Å². The van der Waals surface area contributed by atoms with Gasteiger partial charge in [-0.2, -0.15) is 0 Å². The van der Waals surface area contributed by atoms with Crippen LogP contribution in [0.5, 0.6) is 11.5 Å². The van der Waals surface area contributed by atoms with E-state index in [1.54, 1.807) is 32.4 Å². The summed E-state index contributed by atoms with van der Waals surface area (Å²) >= 11 is 0. The molecular formula is C11H17ClFNO2. The molecule has 0 radical (unpaired) electrons. The van der Waals surface area contributed by atoms with E-state index in [2.05, 4.69) is 0 Å². The molecule has 0 aromatic heterocycles. The molecule has 0 bridgehead atoms. The van der Waals surface area contributed by atoms with E-state index in [9.17, 15) is 4.39 Å². The first-order chi connectivity index (χ1) is 7.22. The Morgan fingerprint density at radius 1 is 1.31 bits per heavy atom. The van der Waals surface area contributed by atoms with Crippen molar-refractivity contribution in [1.82, 2.24) is 0 Å². The Hall–Kier alpha value is -1.00. The third-order valence-corrected chi connectivity index (χ3v) is 2.26. The molecule has 0 heterocycles. The summed E-state index contributed by atoms with van der Waals surface area (Å²) < 4.78 is 22.4. The first-order valence-electron chi connectivity index (χ1n) is 4.76. The van der Waals surface area contributed by atoms with E-state index in [0.717, 1.165) is 5.56 Å². The molecule has 5 heteroatoms. The highest BCUT2D eigenvalue weighted by atomic mass is 35.5. The van der Waals surface area contributed by atoms with E-state index in [4.69, 9.17) is 15.2 Å². The third kappa shape index (κ3) is 3.54. The van der Waals surface area contributed by atoms with E-state index in [1.807, 2.05) is 0 Å². The normalized spacial score (nSPS) is 11.5. The number of benzene rings is 1. The predicted molar refractivity (Wildman–Crippen MR) is 64.3 cm³/mol. The minimum atomic E-state index is -0.443. The molecule has 0 aliphatic heterocycles. The summed E-state index contributed by atoms with van der Waals surface area (Å²) in [6.07, 6.45) is 0.281. The molecule has 92 valence electrons. The number of halogens is 2. The number of methoxy groups -OCH3 is 2. The molecule has 1 aromatic carbocycles. The van der Waals surface area contributed by atoms with Crippen molar-refractivity contribution in [2.75, 3.05) is 20.9 Å². The van der Waals surface area contributed by atoms with E-state index < -0.39 is 6.67 Å². The van der Waals surface area contributed by atoms with Crippen molar-refractivity contribution in [3.63, 3.8) is 0 Å². The van der Waals surface area contributed by atoms with Gasteiger partial charge in [0.15, 0.2) is 0 Å². The van der Waals surface area contributed by atoms with Gasteiger partial charge < -0.3 is 15.2 Å². The largest absolute Gasteiger partial charge is 0.497 e. The summed E-state index contributed by atoms with van der Waals surface area (Å²) in [5.74, 6) is 1.36. The van der Waals surface area contributed by atoms with Crippen LogP contribution in [0.3, 0.4) is 0 Å². The molecule has 0 fully saturated rings. The molecule has 3 nitrogen and oxygen atoms in total. The van der Waals surface area contributed by atoms with Crippen LogP contribution in [0.25, 0.3) is 0 Å². The van der Waals surface area contributed by atoms with Crippen LogP contribution in [0, 0.1) is 0 Å². The molecule has 0 aliphatic carbocycles. The number of rotatable bonds is 5. The van der Waals surface area contributed by atoms with Crippen LogP contribution in [0.4, 0.5) is 4.39 Å². The fourth-order valence-corrected chi connectivity index (χ4v) is 1.40. The summed E-state index contributed by atoms with van der Waals surface area (Å²) in [7, 11) is 3.14. The number of hydrogen-bond donors (Lipinski definition) is 1. The van der Waals surface area contributed by atoms with Crippen LogP contribution in [-0.2, 0) is 0 Å². The number of ether oxygens (including phenoxy) is 2. The summed E-state index contributed by atoms with van der Waals surface area (Å²) in [6, 6.07) is 4.97. The van der Waals surface area contributed by atoms with Crippen LogP contribution < -0.4 is 15.2 Å². The number of alkyl halides is 1. The van der Waals surface area contributed by atoms with Gasteiger partial charge in [-0.25, -0.2) is 0 Å². The van der Waals surface area contributed by atoms with Gasteiger partial charge in [0, 0.05) is 11.6 Å². The van der Waals surface area contributed by atoms with Gasteiger partial charge in [0.25, 0.3) is 0 Å². The van der Waals surface area contributed by atoms with E-state index >= 15 is 0 Å². The molecule has 0 unspecified atom stereocenters. The summed E-state index contributed by atoms with van der Waals surface area (Å²) in [5, 5.41) is 0. The van der Waals surface area contributed by atoms with Crippen molar-refractivity contribution in [1.29, 1.82) is 0 Å². The van der Waals surface area contributed by atoms with Crippen molar-refractivity contribution in [2.45, 2.75) is 12.5 Å². The Kier molecular flexibility index (Phi) is 6.85.